The van der Waals surface area contributed by atoms with E-state index in [4.69, 9.17) is 11.6 Å². The van der Waals surface area contributed by atoms with E-state index in [1.54, 1.807) is 0 Å². The topological polar surface area (TPSA) is 55.4 Å². The molecular formula is C14H13ClFNO3. The van der Waals surface area contributed by atoms with Crippen molar-refractivity contribution < 1.29 is 18.7 Å². The predicted octanol–water partition coefficient (Wildman–Crippen LogP) is 2.02. The lowest BCUT2D eigenvalue weighted by molar-refractivity contribution is -0.144. The summed E-state index contributed by atoms with van der Waals surface area (Å²) in [7, 11) is 1.18. The normalized spacial score (nSPS) is 11.2. The zero-order valence-electron chi connectivity index (χ0n) is 10.8. The molecule has 4 nitrogen and oxygen atoms in total. The van der Waals surface area contributed by atoms with E-state index < -0.39 is 23.7 Å². The summed E-state index contributed by atoms with van der Waals surface area (Å²) in [5.74, 6) is -1.77. The molecule has 106 valence electrons. The second kappa shape index (κ2) is 7.48. The summed E-state index contributed by atoms with van der Waals surface area (Å²) < 4.78 is 18.2. The van der Waals surface area contributed by atoms with E-state index in [-0.39, 0.29) is 12.0 Å². The van der Waals surface area contributed by atoms with Crippen LogP contribution >= 0.6 is 11.6 Å². The van der Waals surface area contributed by atoms with Crippen molar-refractivity contribution in [1.82, 2.24) is 5.32 Å². The highest BCUT2D eigenvalue weighted by Crippen LogP contribution is 2.16. The number of carbonyl (C=O) groups excluding carboxylic acids is 2. The number of esters is 1. The number of methoxy groups -OCH3 is 1. The molecule has 0 aliphatic carbocycles. The summed E-state index contributed by atoms with van der Waals surface area (Å²) in [4.78, 5) is 23.0. The number of rotatable bonds is 5. The maximum absolute atomic E-state index is 13.6. The van der Waals surface area contributed by atoms with Crippen molar-refractivity contribution >= 4 is 23.5 Å². The SMILES string of the molecule is C=C=CC(=O)N[C@H](Cc1cc(Cl)ccc1F)C(=O)OC. The van der Waals surface area contributed by atoms with Gasteiger partial charge in [-0.15, -0.1) is 5.73 Å². The van der Waals surface area contributed by atoms with Crippen molar-refractivity contribution in [2.75, 3.05) is 7.11 Å². The van der Waals surface area contributed by atoms with Crippen molar-refractivity contribution in [1.29, 1.82) is 0 Å². The van der Waals surface area contributed by atoms with Crippen molar-refractivity contribution in [2.24, 2.45) is 0 Å². The van der Waals surface area contributed by atoms with Gasteiger partial charge >= 0.3 is 5.97 Å². The molecule has 0 fully saturated rings. The van der Waals surface area contributed by atoms with E-state index >= 15 is 0 Å². The zero-order chi connectivity index (χ0) is 15.1. The molecule has 1 aromatic carbocycles. The number of hydrogen-bond donors (Lipinski definition) is 1. The first kappa shape index (κ1) is 16.0. The molecule has 1 rings (SSSR count). The Morgan fingerprint density at radius 3 is 2.90 bits per heavy atom. The number of nitrogens with one attached hydrogen (secondary N) is 1. The average Bonchev–Trinajstić information content (AvgIpc) is 2.41. The smallest absolute Gasteiger partial charge is 0.328 e. The Morgan fingerprint density at radius 2 is 2.30 bits per heavy atom. The maximum atomic E-state index is 13.6. The van der Waals surface area contributed by atoms with Gasteiger partial charge in [-0.05, 0) is 23.8 Å². The van der Waals surface area contributed by atoms with E-state index in [1.165, 1.54) is 25.3 Å². The minimum atomic E-state index is -1.02. The summed E-state index contributed by atoms with van der Waals surface area (Å²) in [6.07, 6.45) is 0.958. The van der Waals surface area contributed by atoms with E-state index in [2.05, 4.69) is 22.4 Å². The fourth-order valence-corrected chi connectivity index (χ4v) is 1.76. The molecule has 0 aromatic heterocycles. The number of benzene rings is 1. The fraction of sp³-hybridized carbons (Fsp3) is 0.214. The molecule has 0 saturated carbocycles. The minimum absolute atomic E-state index is 0.0736. The number of carbonyl (C=O) groups is 2. The van der Waals surface area contributed by atoms with Gasteiger partial charge in [0.25, 0.3) is 5.91 Å². The van der Waals surface area contributed by atoms with Gasteiger partial charge < -0.3 is 10.1 Å². The zero-order valence-corrected chi connectivity index (χ0v) is 11.5. The number of halogens is 2. The van der Waals surface area contributed by atoms with Crippen LogP contribution in [0.2, 0.25) is 5.02 Å². The molecule has 0 saturated heterocycles. The molecule has 0 heterocycles. The van der Waals surface area contributed by atoms with Crippen LogP contribution in [0.1, 0.15) is 5.56 Å². The Hall–Kier alpha value is -2.10. The van der Waals surface area contributed by atoms with Crippen LogP contribution in [0, 0.1) is 5.82 Å². The Labute approximate surface area is 120 Å². The monoisotopic (exact) mass is 297 g/mol. The van der Waals surface area contributed by atoms with Gasteiger partial charge in [-0.25, -0.2) is 9.18 Å². The number of amides is 1. The molecule has 0 radical (unpaired) electrons. The molecule has 20 heavy (non-hydrogen) atoms. The van der Waals surface area contributed by atoms with Gasteiger partial charge in [0.05, 0.1) is 7.11 Å². The van der Waals surface area contributed by atoms with Crippen LogP contribution in [-0.2, 0) is 20.7 Å². The maximum Gasteiger partial charge on any atom is 0.328 e. The molecule has 1 N–H and O–H groups in total. The predicted molar refractivity (Wildman–Crippen MR) is 72.8 cm³/mol. The summed E-state index contributed by atoms with van der Waals surface area (Å²) in [5, 5.41) is 2.72. The fourth-order valence-electron chi connectivity index (χ4n) is 1.56. The number of ether oxygens (including phenoxy) is 1. The molecule has 1 amide bonds. The summed E-state index contributed by atoms with van der Waals surface area (Å²) in [6, 6.07) is 2.96. The van der Waals surface area contributed by atoms with Gasteiger partial charge in [0.1, 0.15) is 11.9 Å². The van der Waals surface area contributed by atoms with E-state index in [1.807, 2.05) is 0 Å². The van der Waals surface area contributed by atoms with E-state index in [0.717, 1.165) is 6.08 Å². The average molecular weight is 298 g/mol. The van der Waals surface area contributed by atoms with Crippen LogP contribution < -0.4 is 5.32 Å². The highest BCUT2D eigenvalue weighted by molar-refractivity contribution is 6.30. The van der Waals surface area contributed by atoms with Crippen molar-refractivity contribution in [2.45, 2.75) is 12.5 Å². The molecule has 0 aliphatic heterocycles. The van der Waals surface area contributed by atoms with Gasteiger partial charge in [-0.1, -0.05) is 18.2 Å². The second-order valence-electron chi connectivity index (χ2n) is 3.87. The Bertz CT molecular complexity index is 568. The van der Waals surface area contributed by atoms with Crippen LogP contribution in [0.25, 0.3) is 0 Å². The van der Waals surface area contributed by atoms with Gasteiger partial charge in [0.2, 0.25) is 0 Å². The van der Waals surface area contributed by atoms with Crippen LogP contribution in [0.3, 0.4) is 0 Å². The van der Waals surface area contributed by atoms with Gasteiger partial charge in [0, 0.05) is 17.5 Å². The molecule has 0 aliphatic rings. The highest BCUT2D eigenvalue weighted by Gasteiger charge is 2.22. The lowest BCUT2D eigenvalue weighted by atomic mass is 10.1. The third-order valence-corrected chi connectivity index (χ3v) is 2.70. The summed E-state index contributed by atoms with van der Waals surface area (Å²) >= 11 is 5.77. The molecule has 0 spiro atoms. The van der Waals surface area contributed by atoms with Crippen molar-refractivity contribution in [3.63, 3.8) is 0 Å². The summed E-state index contributed by atoms with van der Waals surface area (Å²) in [6.45, 7) is 3.25. The Kier molecular flexibility index (Phi) is 5.97. The Morgan fingerprint density at radius 1 is 1.60 bits per heavy atom. The molecular weight excluding hydrogens is 285 g/mol. The standard InChI is InChI=1S/C14H13ClFNO3/c1-3-4-13(18)17-12(14(19)20-2)8-9-7-10(15)5-6-11(9)16/h4-7,12H,1,8H2,2H3,(H,17,18)/t12-/m1/s1. The van der Waals surface area contributed by atoms with E-state index in [9.17, 15) is 14.0 Å². The quantitative estimate of drug-likeness (QED) is 0.514. The first-order chi connectivity index (χ1) is 9.47. The van der Waals surface area contributed by atoms with E-state index in [0.29, 0.717) is 5.02 Å². The number of hydrogen-bond acceptors (Lipinski definition) is 3. The molecule has 1 aromatic rings. The van der Waals surface area contributed by atoms with Gasteiger partial charge in [-0.3, -0.25) is 4.79 Å². The van der Waals surface area contributed by atoms with Crippen LogP contribution in [0.5, 0.6) is 0 Å². The molecule has 0 bridgehead atoms. The first-order valence-electron chi connectivity index (χ1n) is 5.66. The van der Waals surface area contributed by atoms with Crippen LogP contribution in [0.15, 0.2) is 36.6 Å². The van der Waals surface area contributed by atoms with Crippen molar-refractivity contribution in [3.05, 3.63) is 53.0 Å². The minimum Gasteiger partial charge on any atom is -0.467 e. The van der Waals surface area contributed by atoms with Gasteiger partial charge in [-0.2, -0.15) is 0 Å². The van der Waals surface area contributed by atoms with Crippen molar-refractivity contribution in [3.8, 4) is 0 Å². The third kappa shape index (κ3) is 4.53. The van der Waals surface area contributed by atoms with Crippen LogP contribution in [0.4, 0.5) is 4.39 Å². The first-order valence-corrected chi connectivity index (χ1v) is 6.03. The molecule has 1 atom stereocenters. The van der Waals surface area contributed by atoms with Gasteiger partial charge in [0.15, 0.2) is 0 Å². The third-order valence-electron chi connectivity index (χ3n) is 2.47. The lowest BCUT2D eigenvalue weighted by Crippen LogP contribution is -2.42. The molecule has 6 heteroatoms. The largest absolute Gasteiger partial charge is 0.467 e. The lowest BCUT2D eigenvalue weighted by Gasteiger charge is -2.16. The Balaban J connectivity index is 2.94. The summed E-state index contributed by atoms with van der Waals surface area (Å²) in [5.41, 5.74) is 2.48. The molecule has 0 unspecified atom stereocenters. The highest BCUT2D eigenvalue weighted by atomic mass is 35.5. The second-order valence-corrected chi connectivity index (χ2v) is 4.31. The van der Waals surface area contributed by atoms with Crippen LogP contribution in [-0.4, -0.2) is 25.0 Å².